The molecule has 0 aromatic heterocycles. The standard InChI is InChI=1S/C8H20OSi2/c1-4-5-6-7-8-11(2,3)9-10/h4H,1,5-8H2,2-3,10H3. The molecule has 0 aliphatic rings. The van der Waals surface area contributed by atoms with Gasteiger partial charge in [-0.3, -0.25) is 0 Å². The number of unbranched alkanes of at least 4 members (excludes halogenated alkanes) is 2. The number of hydrogen-bond donors (Lipinski definition) is 0. The summed E-state index contributed by atoms with van der Waals surface area (Å²) in [5.41, 5.74) is 0. The van der Waals surface area contributed by atoms with Crippen LogP contribution in [0.4, 0.5) is 0 Å². The first-order valence-electron chi connectivity index (χ1n) is 4.28. The molecule has 0 atom stereocenters. The van der Waals surface area contributed by atoms with Gasteiger partial charge in [0.05, 0.1) is 0 Å². The quantitative estimate of drug-likeness (QED) is 0.351. The molecule has 0 saturated carbocycles. The van der Waals surface area contributed by atoms with Gasteiger partial charge >= 0.3 is 0 Å². The monoisotopic (exact) mass is 188 g/mol. The van der Waals surface area contributed by atoms with Crippen LogP contribution in [-0.4, -0.2) is 18.8 Å². The highest BCUT2D eigenvalue weighted by Crippen LogP contribution is 2.14. The Kier molecular flexibility index (Phi) is 5.81. The van der Waals surface area contributed by atoms with Crippen LogP contribution in [0.5, 0.6) is 0 Å². The van der Waals surface area contributed by atoms with Crippen LogP contribution in [0.2, 0.25) is 19.1 Å². The van der Waals surface area contributed by atoms with Crippen LogP contribution in [0.25, 0.3) is 0 Å². The van der Waals surface area contributed by atoms with E-state index in [0.29, 0.717) is 0 Å². The van der Waals surface area contributed by atoms with Crippen LogP contribution in [0.3, 0.4) is 0 Å². The summed E-state index contributed by atoms with van der Waals surface area (Å²) in [6.45, 7) is 8.30. The second-order valence-corrected chi connectivity index (χ2v) is 9.15. The molecule has 66 valence electrons. The summed E-state index contributed by atoms with van der Waals surface area (Å²) in [6.07, 6.45) is 5.75. The predicted molar refractivity (Wildman–Crippen MR) is 57.4 cm³/mol. The molecular weight excluding hydrogens is 168 g/mol. The second-order valence-electron chi connectivity index (χ2n) is 3.50. The maximum Gasteiger partial charge on any atom is 0.172 e. The van der Waals surface area contributed by atoms with E-state index in [1.54, 1.807) is 0 Å². The van der Waals surface area contributed by atoms with Gasteiger partial charge in [0.15, 0.2) is 8.32 Å². The molecule has 0 heterocycles. The minimum Gasteiger partial charge on any atom is -0.463 e. The van der Waals surface area contributed by atoms with Gasteiger partial charge in [-0.05, 0) is 25.6 Å². The van der Waals surface area contributed by atoms with E-state index in [1.807, 2.05) is 6.08 Å². The molecule has 0 aliphatic heterocycles. The van der Waals surface area contributed by atoms with Gasteiger partial charge in [-0.25, -0.2) is 0 Å². The van der Waals surface area contributed by atoms with E-state index in [2.05, 4.69) is 19.7 Å². The zero-order valence-corrected chi connectivity index (χ0v) is 11.0. The molecule has 0 spiro atoms. The van der Waals surface area contributed by atoms with Gasteiger partial charge in [-0.2, -0.15) is 0 Å². The van der Waals surface area contributed by atoms with E-state index < -0.39 is 8.32 Å². The topological polar surface area (TPSA) is 9.23 Å². The normalized spacial score (nSPS) is 11.8. The highest BCUT2D eigenvalue weighted by Gasteiger charge is 2.17. The van der Waals surface area contributed by atoms with Crippen LogP contribution in [0, 0.1) is 0 Å². The zero-order valence-electron chi connectivity index (χ0n) is 8.02. The highest BCUT2D eigenvalue weighted by atomic mass is 28.4. The minimum absolute atomic E-state index is 0.908. The van der Waals surface area contributed by atoms with Gasteiger partial charge in [-0.15, -0.1) is 6.58 Å². The summed E-state index contributed by atoms with van der Waals surface area (Å²) in [5, 5.41) is 0. The molecule has 0 rings (SSSR count). The second kappa shape index (κ2) is 5.74. The summed E-state index contributed by atoms with van der Waals surface area (Å²) in [4.78, 5) is 0. The van der Waals surface area contributed by atoms with E-state index in [1.165, 1.54) is 18.9 Å². The average molecular weight is 188 g/mol. The van der Waals surface area contributed by atoms with Gasteiger partial charge in [-0.1, -0.05) is 18.9 Å². The molecule has 0 radical (unpaired) electrons. The molecule has 1 nitrogen and oxygen atoms in total. The van der Waals surface area contributed by atoms with E-state index in [-0.39, 0.29) is 0 Å². The third-order valence-electron chi connectivity index (χ3n) is 1.99. The number of hydrogen-bond acceptors (Lipinski definition) is 1. The van der Waals surface area contributed by atoms with Gasteiger partial charge in [0.1, 0.15) is 10.5 Å². The minimum atomic E-state index is -1.20. The van der Waals surface area contributed by atoms with Crippen molar-refractivity contribution in [2.24, 2.45) is 0 Å². The Bertz CT molecular complexity index is 113. The van der Waals surface area contributed by atoms with Crippen molar-refractivity contribution in [1.29, 1.82) is 0 Å². The fourth-order valence-electron chi connectivity index (χ4n) is 0.941. The predicted octanol–water partition coefficient (Wildman–Crippen LogP) is 1.84. The Balaban J connectivity index is 3.29. The van der Waals surface area contributed by atoms with Crippen molar-refractivity contribution in [3.8, 4) is 0 Å². The van der Waals surface area contributed by atoms with Gasteiger partial charge in [0.2, 0.25) is 0 Å². The Morgan fingerprint density at radius 2 is 2.09 bits per heavy atom. The average Bonchev–Trinajstić information content (AvgIpc) is 1.99. The molecule has 0 saturated heterocycles. The Morgan fingerprint density at radius 3 is 2.55 bits per heavy atom. The molecule has 3 heteroatoms. The first-order valence-corrected chi connectivity index (χ1v) is 8.21. The van der Waals surface area contributed by atoms with Crippen LogP contribution in [-0.2, 0) is 4.12 Å². The fourth-order valence-corrected chi connectivity index (χ4v) is 2.86. The third-order valence-corrected chi connectivity index (χ3v) is 7.97. The van der Waals surface area contributed by atoms with E-state index in [9.17, 15) is 0 Å². The Labute approximate surface area is 74.5 Å². The SMILES string of the molecule is C=CCCCC[Si](C)(C)O[SiH3]. The first-order chi connectivity index (χ1) is 5.12. The van der Waals surface area contributed by atoms with Crippen molar-refractivity contribution in [3.63, 3.8) is 0 Å². The summed E-state index contributed by atoms with van der Waals surface area (Å²) < 4.78 is 5.57. The van der Waals surface area contributed by atoms with Crippen molar-refractivity contribution in [2.75, 3.05) is 0 Å². The molecular formula is C8H20OSi2. The highest BCUT2D eigenvalue weighted by molar-refractivity contribution is 6.73. The smallest absolute Gasteiger partial charge is 0.172 e. The van der Waals surface area contributed by atoms with Gasteiger partial charge in [0, 0.05) is 0 Å². The molecule has 0 N–H and O–H groups in total. The molecule has 0 aliphatic carbocycles. The first kappa shape index (κ1) is 11.1. The number of allylic oxidation sites excluding steroid dienone is 1. The van der Waals surface area contributed by atoms with E-state index >= 15 is 0 Å². The lowest BCUT2D eigenvalue weighted by molar-refractivity contribution is 0.596. The van der Waals surface area contributed by atoms with Crippen molar-refractivity contribution in [1.82, 2.24) is 0 Å². The molecule has 0 aromatic carbocycles. The van der Waals surface area contributed by atoms with Crippen molar-refractivity contribution in [3.05, 3.63) is 12.7 Å². The maximum absolute atomic E-state index is 5.57. The molecule has 0 bridgehead atoms. The third kappa shape index (κ3) is 6.53. The lowest BCUT2D eigenvalue weighted by atomic mass is 10.2. The molecule has 0 amide bonds. The molecule has 11 heavy (non-hydrogen) atoms. The summed E-state index contributed by atoms with van der Waals surface area (Å²) in [7, 11) is -0.292. The Hall–Kier alpha value is 0.134. The van der Waals surface area contributed by atoms with E-state index in [4.69, 9.17) is 4.12 Å². The lowest BCUT2D eigenvalue weighted by Gasteiger charge is -2.20. The van der Waals surface area contributed by atoms with Crippen molar-refractivity contribution in [2.45, 2.75) is 38.4 Å². The molecule has 0 fully saturated rings. The van der Waals surface area contributed by atoms with Crippen LogP contribution < -0.4 is 0 Å². The number of rotatable bonds is 6. The van der Waals surface area contributed by atoms with E-state index in [0.717, 1.165) is 16.9 Å². The lowest BCUT2D eigenvalue weighted by Crippen LogP contribution is -2.28. The molecule has 0 unspecified atom stereocenters. The maximum atomic E-state index is 5.57. The summed E-state index contributed by atoms with van der Waals surface area (Å²) in [5.74, 6) is 0. The fraction of sp³-hybridized carbons (Fsp3) is 0.750. The van der Waals surface area contributed by atoms with Gasteiger partial charge in [0.25, 0.3) is 0 Å². The Morgan fingerprint density at radius 1 is 1.45 bits per heavy atom. The summed E-state index contributed by atoms with van der Waals surface area (Å²) >= 11 is 0. The van der Waals surface area contributed by atoms with Crippen molar-refractivity contribution < 1.29 is 4.12 Å². The van der Waals surface area contributed by atoms with Crippen LogP contribution in [0.15, 0.2) is 12.7 Å². The van der Waals surface area contributed by atoms with Crippen LogP contribution >= 0.6 is 0 Å². The van der Waals surface area contributed by atoms with Crippen molar-refractivity contribution >= 4 is 18.8 Å². The summed E-state index contributed by atoms with van der Waals surface area (Å²) in [6, 6.07) is 1.31. The van der Waals surface area contributed by atoms with Crippen LogP contribution in [0.1, 0.15) is 19.3 Å². The zero-order chi connectivity index (χ0) is 8.74. The molecule has 0 aromatic rings. The largest absolute Gasteiger partial charge is 0.463 e. The van der Waals surface area contributed by atoms with Gasteiger partial charge < -0.3 is 4.12 Å².